The van der Waals surface area contributed by atoms with Crippen LogP contribution < -0.4 is 20.1 Å². The van der Waals surface area contributed by atoms with Crippen molar-refractivity contribution in [2.45, 2.75) is 112 Å². The van der Waals surface area contributed by atoms with Crippen molar-refractivity contribution in [3.63, 3.8) is 0 Å². The van der Waals surface area contributed by atoms with E-state index in [0.29, 0.717) is 55.5 Å². The third-order valence-corrected chi connectivity index (χ3v) is 13.4. The largest absolute Gasteiger partial charge is 0.508 e. The molecule has 2 aromatic rings. The number of fused-ring (bicyclic) bond motifs is 5. The number of carbonyl (C=O) groups excluding carboxylic acids is 3. The van der Waals surface area contributed by atoms with Crippen molar-refractivity contribution in [3.05, 3.63) is 41.6 Å². The molecule has 14 nitrogen and oxygen atoms in total. The van der Waals surface area contributed by atoms with Crippen molar-refractivity contribution in [2.75, 3.05) is 6.54 Å². The van der Waals surface area contributed by atoms with Gasteiger partial charge < -0.3 is 30.5 Å². The van der Waals surface area contributed by atoms with E-state index in [9.17, 15) is 37.8 Å². The fraction of sp³-hybridized carbons (Fsp3) is 0.571. The Balaban J connectivity index is 1.23. The number of carbonyl (C=O) groups is 4. The van der Waals surface area contributed by atoms with Gasteiger partial charge in [0.1, 0.15) is 34.7 Å². The molecule has 1 spiro atoms. The summed E-state index contributed by atoms with van der Waals surface area (Å²) < 4.78 is 34.1. The van der Waals surface area contributed by atoms with Crippen LogP contribution in [0.15, 0.2) is 30.4 Å². The number of ether oxygens (including phenoxy) is 1. The van der Waals surface area contributed by atoms with Crippen LogP contribution in [0, 0.1) is 12.8 Å². The summed E-state index contributed by atoms with van der Waals surface area (Å²) in [5.74, 6) is -1.88. The number of phenolic OH excluding ortho intramolecular Hbond substituents is 1. The Kier molecular flexibility index (Phi) is 8.27. The zero-order valence-corrected chi connectivity index (χ0v) is 29.0. The van der Waals surface area contributed by atoms with Crippen LogP contribution in [0.4, 0.5) is 4.79 Å². The van der Waals surface area contributed by atoms with Crippen LogP contribution in [0.3, 0.4) is 0 Å². The summed E-state index contributed by atoms with van der Waals surface area (Å²) in [5, 5.41) is 25.8. The van der Waals surface area contributed by atoms with E-state index in [2.05, 4.69) is 20.3 Å². The number of nitrogens with zero attached hydrogens (tertiary/aromatic N) is 2. The van der Waals surface area contributed by atoms with Gasteiger partial charge in [-0.2, -0.15) is 0 Å². The van der Waals surface area contributed by atoms with E-state index in [1.54, 1.807) is 25.1 Å². The second-order valence-electron chi connectivity index (χ2n) is 14.9. The van der Waals surface area contributed by atoms with E-state index >= 15 is 0 Å². The van der Waals surface area contributed by atoms with Crippen molar-refractivity contribution < 1.29 is 42.5 Å². The highest BCUT2D eigenvalue weighted by atomic mass is 32.2. The van der Waals surface area contributed by atoms with E-state index in [1.165, 1.54) is 4.90 Å². The molecule has 7 rings (SSSR count). The molecule has 268 valence electrons. The van der Waals surface area contributed by atoms with E-state index in [0.717, 1.165) is 23.8 Å². The molecule has 50 heavy (non-hydrogen) atoms. The maximum atomic E-state index is 14.4. The van der Waals surface area contributed by atoms with Crippen molar-refractivity contribution in [3.8, 4) is 11.5 Å². The number of allylic oxidation sites excluding steroid dienone is 1. The molecule has 0 unspecified atom stereocenters. The third-order valence-electron chi connectivity index (χ3n) is 11.3. The van der Waals surface area contributed by atoms with Gasteiger partial charge in [-0.15, -0.1) is 0 Å². The normalized spacial score (nSPS) is 30.5. The molecule has 5 atom stereocenters. The standard InChI is InChI=1S/C35H43N5O9S/c1-20-28-23(24-16-22(41)10-11-25(24)36-20)12-13-34(49-28)18-27-29(42)38-35(31(44)39-50(47,48)33(2)14-15-33)17-21(35)8-6-4-3-5-7-9-26(37-32(45)46)30(43)40(27)19-34/h6,8,10-11,16,21,26-27,37,41H,3-5,7,9,12-15,17-19H2,1-2H3,(H,38,42)(H,39,44)(H,45,46)/t21-,26+,27+,34-,35-/m1/s1. The summed E-state index contributed by atoms with van der Waals surface area (Å²) >= 11 is 0. The van der Waals surface area contributed by atoms with E-state index in [4.69, 9.17) is 4.74 Å². The number of benzene rings is 1. The number of aryl methyl sites for hydroxylation is 2. The summed E-state index contributed by atoms with van der Waals surface area (Å²) in [5.41, 5.74) is -0.408. The number of aromatic nitrogens is 1. The average Bonchev–Trinajstić information content (AvgIpc) is 3.95. The number of hydrogen-bond donors (Lipinski definition) is 5. The van der Waals surface area contributed by atoms with Crippen molar-refractivity contribution >= 4 is 44.7 Å². The molecule has 1 saturated heterocycles. The van der Waals surface area contributed by atoms with Crippen LogP contribution in [0.5, 0.6) is 11.5 Å². The molecule has 1 aromatic heterocycles. The van der Waals surface area contributed by atoms with Gasteiger partial charge in [-0.05, 0) is 83.4 Å². The summed E-state index contributed by atoms with van der Waals surface area (Å²) in [6.07, 6.45) is 7.38. The topological polar surface area (TPSA) is 204 Å². The maximum Gasteiger partial charge on any atom is 0.405 e. The number of sulfonamides is 1. The van der Waals surface area contributed by atoms with Crippen LogP contribution in [-0.2, 0) is 30.8 Å². The second kappa shape index (κ2) is 12.1. The highest BCUT2D eigenvalue weighted by Crippen LogP contribution is 2.49. The van der Waals surface area contributed by atoms with Gasteiger partial charge in [0.05, 0.1) is 22.5 Å². The van der Waals surface area contributed by atoms with Crippen LogP contribution in [-0.4, -0.2) is 86.8 Å². The van der Waals surface area contributed by atoms with Gasteiger partial charge in [-0.25, -0.2) is 18.2 Å². The molecule has 3 fully saturated rings. The van der Waals surface area contributed by atoms with Gasteiger partial charge in [-0.1, -0.05) is 25.0 Å². The monoisotopic (exact) mass is 709 g/mol. The van der Waals surface area contributed by atoms with Gasteiger partial charge in [-0.3, -0.25) is 19.1 Å². The first-order valence-corrected chi connectivity index (χ1v) is 18.8. The fourth-order valence-electron chi connectivity index (χ4n) is 7.83. The SMILES string of the molecule is Cc1nc2ccc(O)cc2c2c1O[C@]1(CC2)C[C@H]2C(=O)N[C@]3(C(=O)NS(=O)(=O)C4(C)CC4)C[C@H]3C=CCCCCC[C@H](NC(=O)O)C(=O)N2C1. The van der Waals surface area contributed by atoms with E-state index < -0.39 is 67.7 Å². The molecule has 5 N–H and O–H groups in total. The molecular weight excluding hydrogens is 666 g/mol. The molecule has 4 heterocycles. The molecule has 0 bridgehead atoms. The van der Waals surface area contributed by atoms with Gasteiger partial charge in [0, 0.05) is 23.3 Å². The predicted molar refractivity (Wildman–Crippen MR) is 181 cm³/mol. The van der Waals surface area contributed by atoms with Crippen molar-refractivity contribution in [1.82, 2.24) is 25.2 Å². The molecule has 3 aliphatic heterocycles. The third kappa shape index (κ3) is 6.02. The molecule has 5 aliphatic rings. The molecule has 15 heteroatoms. The number of rotatable bonds is 4. The Hall–Kier alpha value is -4.40. The Morgan fingerprint density at radius 2 is 1.90 bits per heavy atom. The van der Waals surface area contributed by atoms with Gasteiger partial charge >= 0.3 is 6.09 Å². The van der Waals surface area contributed by atoms with Gasteiger partial charge in [0.25, 0.3) is 5.91 Å². The lowest BCUT2D eigenvalue weighted by atomic mass is 9.87. The first-order valence-electron chi connectivity index (χ1n) is 17.3. The van der Waals surface area contributed by atoms with Crippen LogP contribution in [0.1, 0.15) is 82.4 Å². The number of carboxylic acid groups (broad SMARTS) is 1. The number of pyridine rings is 1. The number of amides is 4. The molecule has 4 amide bonds. The Bertz CT molecular complexity index is 1930. The average molecular weight is 710 g/mol. The highest BCUT2D eigenvalue weighted by molar-refractivity contribution is 7.91. The zero-order chi connectivity index (χ0) is 35.6. The lowest BCUT2D eigenvalue weighted by molar-refractivity contribution is -0.141. The van der Waals surface area contributed by atoms with E-state index in [-0.39, 0.29) is 31.6 Å². The second-order valence-corrected chi connectivity index (χ2v) is 17.1. The lowest BCUT2D eigenvalue weighted by Gasteiger charge is -2.36. The predicted octanol–water partition coefficient (Wildman–Crippen LogP) is 2.94. The Morgan fingerprint density at radius 3 is 2.64 bits per heavy atom. The summed E-state index contributed by atoms with van der Waals surface area (Å²) in [6.45, 7) is 3.37. The summed E-state index contributed by atoms with van der Waals surface area (Å²) in [4.78, 5) is 60.3. The number of aromatic hydroxyl groups is 1. The molecule has 0 radical (unpaired) electrons. The minimum absolute atomic E-state index is 0.0199. The summed E-state index contributed by atoms with van der Waals surface area (Å²) in [6, 6.07) is 2.68. The van der Waals surface area contributed by atoms with E-state index in [1.807, 2.05) is 19.1 Å². The Morgan fingerprint density at radius 1 is 1.12 bits per heavy atom. The summed E-state index contributed by atoms with van der Waals surface area (Å²) in [7, 11) is -3.99. The fourth-order valence-corrected chi connectivity index (χ4v) is 9.14. The molecule has 1 aromatic carbocycles. The maximum absolute atomic E-state index is 14.4. The molecule has 2 saturated carbocycles. The van der Waals surface area contributed by atoms with Crippen molar-refractivity contribution in [2.24, 2.45) is 5.92 Å². The van der Waals surface area contributed by atoms with Crippen molar-refractivity contribution in [1.29, 1.82) is 0 Å². The minimum Gasteiger partial charge on any atom is -0.508 e. The number of phenols is 1. The molecule has 2 aliphatic carbocycles. The van der Waals surface area contributed by atoms with Gasteiger partial charge in [0.15, 0.2) is 0 Å². The first kappa shape index (κ1) is 34.1. The first-order chi connectivity index (χ1) is 23.7. The highest BCUT2D eigenvalue weighted by Gasteiger charge is 2.64. The quantitative estimate of drug-likeness (QED) is 0.294. The van der Waals surface area contributed by atoms with Crippen LogP contribution in [0.2, 0.25) is 0 Å². The number of hydrogen-bond acceptors (Lipinski definition) is 9. The van der Waals surface area contributed by atoms with Crippen LogP contribution in [0.25, 0.3) is 10.9 Å². The smallest absolute Gasteiger partial charge is 0.405 e. The Labute approximate surface area is 290 Å². The molecular formula is C35H43N5O9S. The lowest BCUT2D eigenvalue weighted by Crippen LogP contribution is -2.58. The van der Waals surface area contributed by atoms with Gasteiger partial charge in [0.2, 0.25) is 21.8 Å². The van der Waals surface area contributed by atoms with Crippen LogP contribution >= 0.6 is 0 Å². The zero-order valence-electron chi connectivity index (χ0n) is 28.2. The minimum atomic E-state index is -3.99. The number of nitrogens with one attached hydrogen (secondary N) is 3.